The lowest BCUT2D eigenvalue weighted by Crippen LogP contribution is -2.30. The highest BCUT2D eigenvalue weighted by Gasteiger charge is 2.23. The van der Waals surface area contributed by atoms with Gasteiger partial charge < -0.3 is 10.2 Å². The molecular weight excluding hydrogens is 278 g/mol. The highest BCUT2D eigenvalue weighted by Crippen LogP contribution is 2.31. The number of hydrogen-bond donors (Lipinski definition) is 1. The molecule has 0 unspecified atom stereocenters. The van der Waals surface area contributed by atoms with Crippen LogP contribution >= 0.6 is 11.3 Å². The third-order valence-corrected chi connectivity index (χ3v) is 5.63. The minimum absolute atomic E-state index is 0.761. The first-order valence-electron chi connectivity index (χ1n) is 7.81. The Balaban J connectivity index is 1.50. The van der Waals surface area contributed by atoms with Crippen molar-refractivity contribution in [3.8, 4) is 0 Å². The molecule has 21 heavy (non-hydrogen) atoms. The fourth-order valence-electron chi connectivity index (χ4n) is 2.90. The lowest BCUT2D eigenvalue weighted by Gasteiger charge is -2.28. The molecule has 0 bridgehead atoms. The summed E-state index contributed by atoms with van der Waals surface area (Å²) in [5.74, 6) is 0. The first kappa shape index (κ1) is 13.3. The summed E-state index contributed by atoms with van der Waals surface area (Å²) in [5, 5.41) is 4.79. The van der Waals surface area contributed by atoms with Crippen molar-refractivity contribution in [1.29, 1.82) is 0 Å². The summed E-state index contributed by atoms with van der Waals surface area (Å²) in [4.78, 5) is 8.64. The van der Waals surface area contributed by atoms with Crippen LogP contribution in [0.1, 0.15) is 34.5 Å². The zero-order valence-corrected chi connectivity index (χ0v) is 13.2. The highest BCUT2D eigenvalue weighted by molar-refractivity contribution is 7.15. The van der Waals surface area contributed by atoms with Crippen LogP contribution in [0.2, 0.25) is 0 Å². The van der Waals surface area contributed by atoms with E-state index in [0.29, 0.717) is 0 Å². The van der Waals surface area contributed by atoms with E-state index < -0.39 is 0 Å². The topological polar surface area (TPSA) is 28.2 Å². The van der Waals surface area contributed by atoms with E-state index in [0.717, 1.165) is 32.1 Å². The van der Waals surface area contributed by atoms with Crippen LogP contribution in [0.4, 0.5) is 5.13 Å². The number of fused-ring (bicyclic) bond motifs is 1. The maximum Gasteiger partial charge on any atom is 0.186 e. The van der Waals surface area contributed by atoms with Crippen molar-refractivity contribution in [2.24, 2.45) is 0 Å². The lowest BCUT2D eigenvalue weighted by molar-refractivity contribution is 0.691. The summed E-state index contributed by atoms with van der Waals surface area (Å²) in [6.45, 7) is 5.21. The number of benzene rings is 1. The number of aryl methyl sites for hydroxylation is 1. The van der Waals surface area contributed by atoms with E-state index in [-0.39, 0.29) is 0 Å². The third-order valence-electron chi connectivity index (χ3n) is 4.41. The fourth-order valence-corrected chi connectivity index (χ4v) is 3.93. The number of thiazole rings is 1. The predicted octanol–water partition coefficient (Wildman–Crippen LogP) is 3.27. The van der Waals surface area contributed by atoms with Crippen molar-refractivity contribution < 1.29 is 0 Å². The number of nitrogens with one attached hydrogen (secondary N) is 1. The van der Waals surface area contributed by atoms with Gasteiger partial charge in [-0.05, 0) is 37.3 Å². The van der Waals surface area contributed by atoms with E-state index in [1.807, 2.05) is 11.3 Å². The van der Waals surface area contributed by atoms with E-state index in [1.165, 1.54) is 39.7 Å². The van der Waals surface area contributed by atoms with Gasteiger partial charge in [-0.2, -0.15) is 0 Å². The molecule has 1 aliphatic carbocycles. The Kier molecular flexibility index (Phi) is 3.43. The molecule has 1 saturated carbocycles. The average Bonchev–Trinajstić information content (AvgIpc) is 3.27. The minimum atomic E-state index is 0.761. The van der Waals surface area contributed by atoms with E-state index in [2.05, 4.69) is 41.4 Å². The molecule has 1 aliphatic heterocycles. The van der Waals surface area contributed by atoms with Crippen molar-refractivity contribution in [2.75, 3.05) is 11.4 Å². The van der Waals surface area contributed by atoms with Gasteiger partial charge in [-0.1, -0.05) is 24.3 Å². The summed E-state index contributed by atoms with van der Waals surface area (Å²) < 4.78 is 0. The SMILES string of the molecule is Cc1nc(N2CCc3ccccc3C2)sc1CNC1CC1. The molecule has 1 aromatic carbocycles. The van der Waals surface area contributed by atoms with Crippen LogP contribution in [0.3, 0.4) is 0 Å². The van der Waals surface area contributed by atoms with Gasteiger partial charge in [-0.15, -0.1) is 11.3 Å². The monoisotopic (exact) mass is 299 g/mol. The minimum Gasteiger partial charge on any atom is -0.343 e. The molecule has 4 rings (SSSR count). The third kappa shape index (κ3) is 2.83. The maximum atomic E-state index is 4.81. The molecular formula is C17H21N3S. The summed E-state index contributed by atoms with van der Waals surface area (Å²) in [5.41, 5.74) is 4.15. The van der Waals surface area contributed by atoms with E-state index in [1.54, 1.807) is 0 Å². The van der Waals surface area contributed by atoms with Crippen molar-refractivity contribution in [2.45, 2.75) is 45.3 Å². The van der Waals surface area contributed by atoms with Gasteiger partial charge in [-0.25, -0.2) is 4.98 Å². The fraction of sp³-hybridized carbons (Fsp3) is 0.471. The van der Waals surface area contributed by atoms with Crippen LogP contribution in [-0.4, -0.2) is 17.6 Å². The molecule has 1 aromatic heterocycles. The molecule has 2 aliphatic rings. The Morgan fingerprint density at radius 2 is 2.10 bits per heavy atom. The molecule has 0 saturated heterocycles. The molecule has 0 atom stereocenters. The molecule has 110 valence electrons. The van der Waals surface area contributed by atoms with Crippen molar-refractivity contribution >= 4 is 16.5 Å². The summed E-state index contributed by atoms with van der Waals surface area (Å²) in [6, 6.07) is 9.55. The zero-order chi connectivity index (χ0) is 14.2. The Morgan fingerprint density at radius 1 is 1.29 bits per heavy atom. The van der Waals surface area contributed by atoms with Gasteiger partial charge in [0.05, 0.1) is 5.69 Å². The Bertz CT molecular complexity index is 645. The van der Waals surface area contributed by atoms with Gasteiger partial charge in [0.25, 0.3) is 0 Å². The maximum absolute atomic E-state index is 4.81. The van der Waals surface area contributed by atoms with Crippen molar-refractivity contribution in [1.82, 2.24) is 10.3 Å². The van der Waals surface area contributed by atoms with Crippen LogP contribution in [0.15, 0.2) is 24.3 Å². The normalized spacial score (nSPS) is 17.9. The molecule has 2 aromatic rings. The standard InChI is InChI=1S/C17H21N3S/c1-12-16(10-18-15-6-7-15)21-17(19-12)20-9-8-13-4-2-3-5-14(13)11-20/h2-5,15,18H,6-11H2,1H3. The Labute approximate surface area is 130 Å². The molecule has 2 heterocycles. The van der Waals surface area contributed by atoms with Crippen LogP contribution < -0.4 is 10.2 Å². The molecule has 0 radical (unpaired) electrons. The number of anilines is 1. The second-order valence-corrected chi connectivity index (χ2v) is 7.16. The quantitative estimate of drug-likeness (QED) is 0.939. The van der Waals surface area contributed by atoms with E-state index in [9.17, 15) is 0 Å². The largest absolute Gasteiger partial charge is 0.343 e. The average molecular weight is 299 g/mol. The van der Waals surface area contributed by atoms with Crippen LogP contribution in [-0.2, 0) is 19.5 Å². The molecule has 0 amide bonds. The zero-order valence-electron chi connectivity index (χ0n) is 12.4. The second-order valence-electron chi connectivity index (χ2n) is 6.10. The molecule has 1 fully saturated rings. The van der Waals surface area contributed by atoms with Gasteiger partial charge >= 0.3 is 0 Å². The second kappa shape index (κ2) is 5.43. The smallest absolute Gasteiger partial charge is 0.186 e. The van der Waals surface area contributed by atoms with E-state index in [4.69, 9.17) is 4.98 Å². The van der Waals surface area contributed by atoms with Gasteiger partial charge in [0.1, 0.15) is 0 Å². The molecule has 3 nitrogen and oxygen atoms in total. The first-order chi connectivity index (χ1) is 10.3. The van der Waals surface area contributed by atoms with Gasteiger partial charge in [0.15, 0.2) is 5.13 Å². The summed E-state index contributed by atoms with van der Waals surface area (Å²) in [6.07, 6.45) is 3.81. The van der Waals surface area contributed by atoms with Crippen LogP contribution in [0.25, 0.3) is 0 Å². The van der Waals surface area contributed by atoms with Crippen LogP contribution in [0, 0.1) is 6.92 Å². The van der Waals surface area contributed by atoms with Gasteiger partial charge in [0, 0.05) is 30.6 Å². The highest BCUT2D eigenvalue weighted by atomic mass is 32.1. The Morgan fingerprint density at radius 3 is 2.90 bits per heavy atom. The predicted molar refractivity (Wildman–Crippen MR) is 87.9 cm³/mol. The molecule has 1 N–H and O–H groups in total. The van der Waals surface area contributed by atoms with Crippen LogP contribution in [0.5, 0.6) is 0 Å². The molecule has 4 heteroatoms. The van der Waals surface area contributed by atoms with Gasteiger partial charge in [-0.3, -0.25) is 0 Å². The molecule has 0 spiro atoms. The summed E-state index contributed by atoms with van der Waals surface area (Å²) >= 11 is 1.86. The van der Waals surface area contributed by atoms with E-state index >= 15 is 0 Å². The van der Waals surface area contributed by atoms with Crippen molar-refractivity contribution in [3.63, 3.8) is 0 Å². The number of rotatable bonds is 4. The number of nitrogens with zero attached hydrogens (tertiary/aromatic N) is 2. The summed E-state index contributed by atoms with van der Waals surface area (Å²) in [7, 11) is 0. The Hall–Kier alpha value is -1.39. The first-order valence-corrected chi connectivity index (χ1v) is 8.62. The van der Waals surface area contributed by atoms with Gasteiger partial charge in [0.2, 0.25) is 0 Å². The lowest BCUT2D eigenvalue weighted by atomic mass is 10.0. The van der Waals surface area contributed by atoms with Crippen molar-refractivity contribution in [3.05, 3.63) is 46.0 Å². The number of hydrogen-bond acceptors (Lipinski definition) is 4. The number of aromatic nitrogens is 1.